The summed E-state index contributed by atoms with van der Waals surface area (Å²) in [5.74, 6) is 0. The monoisotopic (exact) mass is 261 g/mol. The van der Waals surface area contributed by atoms with Gasteiger partial charge >= 0.3 is 0 Å². The molecule has 0 unspecified atom stereocenters. The van der Waals surface area contributed by atoms with Crippen LogP contribution in [0.2, 0.25) is 0 Å². The molecular weight excluding hydrogens is 242 g/mol. The van der Waals surface area contributed by atoms with Crippen LogP contribution in [-0.2, 0) is 13.1 Å². The Labute approximate surface area is 112 Å². The topological polar surface area (TPSA) is 42.2 Å². The number of rotatable bonds is 5. The molecule has 2 aromatic rings. The average Bonchev–Trinajstić information content (AvgIpc) is 2.88. The molecule has 0 saturated heterocycles. The van der Waals surface area contributed by atoms with Crippen molar-refractivity contribution < 1.29 is 0 Å². The maximum Gasteiger partial charge on any atom is 0.0522 e. The third-order valence-electron chi connectivity index (χ3n) is 2.97. The Balaban J connectivity index is 2.28. The highest BCUT2D eigenvalue weighted by molar-refractivity contribution is 7.09. The van der Waals surface area contributed by atoms with Gasteiger partial charge in [0.1, 0.15) is 0 Å². The van der Waals surface area contributed by atoms with E-state index in [-0.39, 0.29) is 0 Å². The fraction of sp³-hybridized carbons (Fsp3) is 0.357. The van der Waals surface area contributed by atoms with Gasteiger partial charge in [-0.3, -0.25) is 4.98 Å². The minimum absolute atomic E-state index is 0.531. The van der Waals surface area contributed by atoms with Crippen LogP contribution in [0.5, 0.6) is 0 Å². The van der Waals surface area contributed by atoms with E-state index < -0.39 is 0 Å². The molecule has 3 nitrogen and oxygen atoms in total. The van der Waals surface area contributed by atoms with Crippen LogP contribution in [0.4, 0.5) is 5.69 Å². The van der Waals surface area contributed by atoms with Gasteiger partial charge in [-0.05, 0) is 31.4 Å². The number of hydrogen-bond donors (Lipinski definition) is 1. The van der Waals surface area contributed by atoms with E-state index in [1.54, 1.807) is 11.3 Å². The van der Waals surface area contributed by atoms with Crippen molar-refractivity contribution in [1.82, 2.24) is 4.98 Å². The largest absolute Gasteiger partial charge is 0.366 e. The highest BCUT2D eigenvalue weighted by Gasteiger charge is 2.11. The second kappa shape index (κ2) is 5.98. The molecule has 0 aliphatic heterocycles. The predicted molar refractivity (Wildman–Crippen MR) is 77.9 cm³/mol. The van der Waals surface area contributed by atoms with Gasteiger partial charge in [0.2, 0.25) is 0 Å². The van der Waals surface area contributed by atoms with E-state index in [1.165, 1.54) is 10.6 Å². The lowest BCUT2D eigenvalue weighted by Gasteiger charge is -2.25. The predicted octanol–water partition coefficient (Wildman–Crippen LogP) is 2.94. The van der Waals surface area contributed by atoms with Crippen molar-refractivity contribution >= 4 is 17.0 Å². The average molecular weight is 261 g/mol. The molecule has 0 spiro atoms. The van der Waals surface area contributed by atoms with Gasteiger partial charge in [0.15, 0.2) is 0 Å². The minimum atomic E-state index is 0.531. The van der Waals surface area contributed by atoms with Gasteiger partial charge in [-0.15, -0.1) is 11.3 Å². The lowest BCUT2D eigenvalue weighted by atomic mass is 10.2. The molecule has 0 aliphatic carbocycles. The molecule has 0 fully saturated rings. The van der Waals surface area contributed by atoms with Crippen LogP contribution in [0.15, 0.2) is 29.8 Å². The van der Waals surface area contributed by atoms with Crippen LogP contribution in [0.25, 0.3) is 0 Å². The third kappa shape index (κ3) is 2.89. The summed E-state index contributed by atoms with van der Waals surface area (Å²) in [5.41, 5.74) is 9.16. The molecule has 0 aromatic carbocycles. The molecule has 2 N–H and O–H groups in total. The molecule has 2 aromatic heterocycles. The first-order valence-corrected chi connectivity index (χ1v) is 7.05. The van der Waals surface area contributed by atoms with Gasteiger partial charge < -0.3 is 10.6 Å². The van der Waals surface area contributed by atoms with Crippen molar-refractivity contribution in [1.29, 1.82) is 0 Å². The Hall–Kier alpha value is -1.39. The highest BCUT2D eigenvalue weighted by atomic mass is 32.1. The zero-order valence-electron chi connectivity index (χ0n) is 10.9. The lowest BCUT2D eigenvalue weighted by Crippen LogP contribution is -2.23. The molecule has 18 heavy (non-hydrogen) atoms. The molecule has 0 amide bonds. The molecule has 96 valence electrons. The summed E-state index contributed by atoms with van der Waals surface area (Å²) in [6.07, 6.45) is 1.89. The third-order valence-corrected chi connectivity index (χ3v) is 3.83. The Bertz CT molecular complexity index is 494. The fourth-order valence-electron chi connectivity index (χ4n) is 1.98. The summed E-state index contributed by atoms with van der Waals surface area (Å²) < 4.78 is 0. The van der Waals surface area contributed by atoms with Gasteiger partial charge in [-0.1, -0.05) is 6.07 Å². The Kier molecular flexibility index (Phi) is 4.33. The summed E-state index contributed by atoms with van der Waals surface area (Å²) in [4.78, 5) is 8.04. The highest BCUT2D eigenvalue weighted by Crippen LogP contribution is 2.23. The number of nitrogens with two attached hydrogens (primary N) is 1. The first-order chi connectivity index (χ1) is 8.74. The van der Waals surface area contributed by atoms with E-state index in [1.807, 2.05) is 13.1 Å². The van der Waals surface area contributed by atoms with E-state index in [9.17, 15) is 0 Å². The molecule has 0 saturated carbocycles. The molecule has 0 aliphatic rings. The minimum Gasteiger partial charge on any atom is -0.366 e. The fourth-order valence-corrected chi connectivity index (χ4v) is 2.70. The van der Waals surface area contributed by atoms with Crippen molar-refractivity contribution in [3.63, 3.8) is 0 Å². The van der Waals surface area contributed by atoms with E-state index in [0.717, 1.165) is 24.3 Å². The molecule has 0 bridgehead atoms. The second-order valence-electron chi connectivity index (χ2n) is 4.25. The molecule has 0 radical (unpaired) electrons. The molecule has 2 heterocycles. The van der Waals surface area contributed by atoms with E-state index >= 15 is 0 Å². The van der Waals surface area contributed by atoms with Gasteiger partial charge in [0.05, 0.1) is 6.54 Å². The number of nitrogens with zero attached hydrogens (tertiary/aromatic N) is 2. The zero-order chi connectivity index (χ0) is 13.0. The number of aryl methyl sites for hydroxylation is 1. The van der Waals surface area contributed by atoms with Crippen molar-refractivity contribution in [3.8, 4) is 0 Å². The summed E-state index contributed by atoms with van der Waals surface area (Å²) >= 11 is 1.79. The first kappa shape index (κ1) is 13.1. The first-order valence-electron chi connectivity index (χ1n) is 6.17. The summed E-state index contributed by atoms with van der Waals surface area (Å²) in [6, 6.07) is 6.39. The van der Waals surface area contributed by atoms with Crippen LogP contribution in [-0.4, -0.2) is 11.5 Å². The van der Waals surface area contributed by atoms with Gasteiger partial charge in [-0.2, -0.15) is 0 Å². The number of thiophene rings is 1. The van der Waals surface area contributed by atoms with Crippen molar-refractivity contribution in [2.24, 2.45) is 5.73 Å². The number of hydrogen-bond acceptors (Lipinski definition) is 4. The summed E-state index contributed by atoms with van der Waals surface area (Å²) in [7, 11) is 0. The standard InChI is InChI=1S/C14H19N3S/c1-3-17(10-13-5-4-6-18-13)14-7-11(2)16-9-12(14)8-15/h4-7,9H,3,8,10,15H2,1-2H3. The van der Waals surface area contributed by atoms with Crippen LogP contribution in [0, 0.1) is 6.92 Å². The van der Waals surface area contributed by atoms with Gasteiger partial charge in [-0.25, -0.2) is 0 Å². The van der Waals surface area contributed by atoms with Crippen molar-refractivity contribution in [2.75, 3.05) is 11.4 Å². The zero-order valence-corrected chi connectivity index (χ0v) is 11.7. The molecular formula is C14H19N3S. The summed E-state index contributed by atoms with van der Waals surface area (Å²) in [6.45, 7) is 6.62. The van der Waals surface area contributed by atoms with Gasteiger partial charge in [0.25, 0.3) is 0 Å². The lowest BCUT2D eigenvalue weighted by molar-refractivity contribution is 0.826. The van der Waals surface area contributed by atoms with Crippen LogP contribution in [0.3, 0.4) is 0 Å². The number of pyridine rings is 1. The van der Waals surface area contributed by atoms with Crippen molar-refractivity contribution in [3.05, 3.63) is 45.9 Å². The van der Waals surface area contributed by atoms with E-state index in [0.29, 0.717) is 6.54 Å². The van der Waals surface area contributed by atoms with Crippen LogP contribution < -0.4 is 10.6 Å². The van der Waals surface area contributed by atoms with Crippen LogP contribution >= 0.6 is 11.3 Å². The van der Waals surface area contributed by atoms with E-state index in [2.05, 4.69) is 40.4 Å². The SMILES string of the molecule is CCN(Cc1cccs1)c1cc(C)ncc1CN. The molecule has 2 rings (SSSR count). The second-order valence-corrected chi connectivity index (χ2v) is 5.28. The van der Waals surface area contributed by atoms with E-state index in [4.69, 9.17) is 5.73 Å². The Morgan fingerprint density at radius 3 is 2.89 bits per heavy atom. The number of aromatic nitrogens is 1. The normalized spacial score (nSPS) is 10.6. The number of anilines is 1. The smallest absolute Gasteiger partial charge is 0.0522 e. The van der Waals surface area contributed by atoms with Crippen LogP contribution in [0.1, 0.15) is 23.1 Å². The Morgan fingerprint density at radius 1 is 1.44 bits per heavy atom. The maximum absolute atomic E-state index is 5.80. The molecule has 4 heteroatoms. The molecule has 0 atom stereocenters. The maximum atomic E-state index is 5.80. The van der Waals surface area contributed by atoms with Gasteiger partial charge in [0, 0.05) is 41.1 Å². The quantitative estimate of drug-likeness (QED) is 0.900. The summed E-state index contributed by atoms with van der Waals surface area (Å²) in [5, 5.41) is 2.12. The Morgan fingerprint density at radius 2 is 2.28 bits per heavy atom. The van der Waals surface area contributed by atoms with Crippen molar-refractivity contribution in [2.45, 2.75) is 26.9 Å².